The van der Waals surface area contributed by atoms with Crippen molar-refractivity contribution >= 4 is 37.8 Å². The first-order chi connectivity index (χ1) is 9.68. The van der Waals surface area contributed by atoms with Gasteiger partial charge in [-0.3, -0.25) is 14.3 Å². The number of carbonyl (C=O) groups is 1. The van der Waals surface area contributed by atoms with Crippen molar-refractivity contribution in [2.24, 2.45) is 0 Å². The van der Waals surface area contributed by atoms with Crippen molar-refractivity contribution in [3.8, 4) is 0 Å². The van der Waals surface area contributed by atoms with Crippen LogP contribution in [0.2, 0.25) is 0 Å². The average molecular weight is 399 g/mol. The number of hydrogen-bond donors (Lipinski definition) is 1. The molecule has 2 aromatic heterocycles. The molecule has 0 bridgehead atoms. The number of halogens is 2. The van der Waals surface area contributed by atoms with Crippen molar-refractivity contribution in [3.05, 3.63) is 50.4 Å². The van der Waals surface area contributed by atoms with Gasteiger partial charge in [0, 0.05) is 43.2 Å². The lowest BCUT2D eigenvalue weighted by Crippen LogP contribution is -2.27. The van der Waals surface area contributed by atoms with Gasteiger partial charge in [0.1, 0.15) is 4.60 Å². The normalized spacial score (nSPS) is 14.1. The summed E-state index contributed by atoms with van der Waals surface area (Å²) in [7, 11) is 0. The van der Waals surface area contributed by atoms with Crippen LogP contribution in [0.15, 0.2) is 33.6 Å². The lowest BCUT2D eigenvalue weighted by atomic mass is 10.1. The van der Waals surface area contributed by atoms with Crippen LogP contribution in [-0.2, 0) is 19.4 Å². The molecule has 6 heteroatoms. The highest BCUT2D eigenvalue weighted by Gasteiger charge is 2.25. The van der Waals surface area contributed by atoms with Gasteiger partial charge in [-0.2, -0.15) is 0 Å². The molecule has 0 fully saturated rings. The van der Waals surface area contributed by atoms with Crippen LogP contribution in [0.1, 0.15) is 21.6 Å². The van der Waals surface area contributed by atoms with Crippen LogP contribution in [0.4, 0.5) is 0 Å². The quantitative estimate of drug-likeness (QED) is 0.845. The molecular weight excluding hydrogens is 386 g/mol. The third kappa shape index (κ3) is 2.47. The maximum atomic E-state index is 12.6. The topological polar surface area (TPSA) is 46.9 Å². The van der Waals surface area contributed by atoms with Gasteiger partial charge in [-0.25, -0.2) is 0 Å². The highest BCUT2D eigenvalue weighted by molar-refractivity contribution is 9.13. The number of nitrogens with zero attached hydrogens (tertiary/aromatic N) is 2. The summed E-state index contributed by atoms with van der Waals surface area (Å²) in [6.07, 6.45) is 4.66. The Kier molecular flexibility index (Phi) is 4.05. The van der Waals surface area contributed by atoms with Gasteiger partial charge in [0.05, 0.1) is 10.9 Å². The van der Waals surface area contributed by atoms with Crippen LogP contribution in [0.5, 0.6) is 0 Å². The Bertz CT molecular complexity index is 652. The largest absolute Gasteiger partial charge is 0.312 e. The smallest absolute Gasteiger partial charge is 0.236 e. The van der Waals surface area contributed by atoms with E-state index in [1.807, 2.05) is 12.1 Å². The molecule has 104 valence electrons. The Labute approximate surface area is 133 Å². The summed E-state index contributed by atoms with van der Waals surface area (Å²) < 4.78 is 3.56. The molecule has 0 spiro atoms. The molecule has 1 N–H and O–H groups in total. The molecule has 0 atom stereocenters. The van der Waals surface area contributed by atoms with Gasteiger partial charge < -0.3 is 5.32 Å². The number of pyridine rings is 1. The highest BCUT2D eigenvalue weighted by atomic mass is 79.9. The maximum Gasteiger partial charge on any atom is 0.236 e. The number of nitrogens with one attached hydrogen (secondary N) is 1. The molecule has 3 rings (SSSR count). The second-order valence-corrected chi connectivity index (χ2v) is 6.27. The Balaban J connectivity index is 1.96. The predicted octanol–water partition coefficient (Wildman–Crippen LogP) is 2.94. The Morgan fingerprint density at radius 2 is 2.30 bits per heavy atom. The molecule has 0 amide bonds. The molecular formula is C14H13Br2N3O. The van der Waals surface area contributed by atoms with E-state index in [4.69, 9.17) is 0 Å². The molecule has 0 aliphatic carbocycles. The van der Waals surface area contributed by atoms with Crippen LogP contribution in [0.25, 0.3) is 0 Å². The Hall–Kier alpha value is -0.980. The third-order valence-corrected chi connectivity index (χ3v) is 5.57. The van der Waals surface area contributed by atoms with Crippen molar-refractivity contribution in [2.75, 3.05) is 6.54 Å². The van der Waals surface area contributed by atoms with Crippen molar-refractivity contribution in [3.63, 3.8) is 0 Å². The van der Waals surface area contributed by atoms with Gasteiger partial charge in [0.15, 0.2) is 0 Å². The van der Waals surface area contributed by atoms with Crippen LogP contribution in [-0.4, -0.2) is 22.0 Å². The molecule has 1 aliphatic heterocycles. The van der Waals surface area contributed by atoms with Gasteiger partial charge in [-0.1, -0.05) is 6.07 Å². The van der Waals surface area contributed by atoms with Crippen LogP contribution < -0.4 is 5.32 Å². The fraction of sp³-hybridized carbons (Fsp3) is 0.286. The van der Waals surface area contributed by atoms with Gasteiger partial charge in [-0.05, 0) is 43.5 Å². The highest BCUT2D eigenvalue weighted by Crippen LogP contribution is 2.34. The molecule has 0 aromatic carbocycles. The second kappa shape index (κ2) is 5.79. The SMILES string of the molecule is O=C(Cc1cccnc1)n1c(Br)c(Br)c2c1CCNC2. The first-order valence-electron chi connectivity index (χ1n) is 6.38. The molecule has 20 heavy (non-hydrogen) atoms. The number of fused-ring (bicyclic) bond motifs is 1. The fourth-order valence-electron chi connectivity index (χ4n) is 2.48. The third-order valence-electron chi connectivity index (χ3n) is 3.43. The molecule has 0 saturated carbocycles. The van der Waals surface area contributed by atoms with Crippen molar-refractivity contribution < 1.29 is 4.79 Å². The van der Waals surface area contributed by atoms with Crippen molar-refractivity contribution in [1.82, 2.24) is 14.9 Å². The zero-order valence-corrected chi connectivity index (χ0v) is 13.9. The molecule has 2 aromatic rings. The van der Waals surface area contributed by atoms with E-state index in [0.29, 0.717) is 6.42 Å². The van der Waals surface area contributed by atoms with Gasteiger partial charge >= 0.3 is 0 Å². The van der Waals surface area contributed by atoms with E-state index in [-0.39, 0.29) is 5.91 Å². The van der Waals surface area contributed by atoms with Crippen molar-refractivity contribution in [1.29, 1.82) is 0 Å². The van der Waals surface area contributed by atoms with Crippen LogP contribution in [0.3, 0.4) is 0 Å². The number of hydrogen-bond acceptors (Lipinski definition) is 3. The van der Waals surface area contributed by atoms with E-state index >= 15 is 0 Å². The molecule has 3 heterocycles. The molecule has 1 aliphatic rings. The minimum Gasteiger partial charge on any atom is -0.312 e. The van der Waals surface area contributed by atoms with E-state index in [1.165, 1.54) is 5.56 Å². The first-order valence-corrected chi connectivity index (χ1v) is 7.97. The molecule has 0 radical (unpaired) electrons. The summed E-state index contributed by atoms with van der Waals surface area (Å²) in [4.78, 5) is 16.6. The van der Waals surface area contributed by atoms with E-state index in [1.54, 1.807) is 17.0 Å². The minimum absolute atomic E-state index is 0.0636. The summed E-state index contributed by atoms with van der Waals surface area (Å²) in [6.45, 7) is 1.69. The predicted molar refractivity (Wildman–Crippen MR) is 83.8 cm³/mol. The molecule has 4 nitrogen and oxygen atoms in total. The standard InChI is InChI=1S/C14H13Br2N3O/c15-13-10-8-18-5-3-11(10)19(14(13)16)12(20)6-9-2-1-4-17-7-9/h1-2,4,7,18H,3,5-6,8H2. The summed E-state index contributed by atoms with van der Waals surface area (Å²) in [5, 5.41) is 3.33. The molecule has 0 unspecified atom stereocenters. The Morgan fingerprint density at radius 1 is 1.45 bits per heavy atom. The van der Waals surface area contributed by atoms with E-state index < -0.39 is 0 Å². The number of rotatable bonds is 2. The van der Waals surface area contributed by atoms with E-state index in [2.05, 4.69) is 42.2 Å². The van der Waals surface area contributed by atoms with E-state index in [0.717, 1.165) is 39.8 Å². The van der Waals surface area contributed by atoms with Gasteiger partial charge in [0.25, 0.3) is 0 Å². The van der Waals surface area contributed by atoms with Crippen LogP contribution in [0, 0.1) is 0 Å². The molecule has 0 saturated heterocycles. The lowest BCUT2D eigenvalue weighted by Gasteiger charge is -2.16. The Morgan fingerprint density at radius 3 is 3.05 bits per heavy atom. The summed E-state index contributed by atoms with van der Waals surface area (Å²) in [6, 6.07) is 3.77. The number of aromatic nitrogens is 2. The van der Waals surface area contributed by atoms with E-state index in [9.17, 15) is 4.79 Å². The minimum atomic E-state index is 0.0636. The fourth-order valence-corrected chi connectivity index (χ4v) is 3.68. The lowest BCUT2D eigenvalue weighted by molar-refractivity contribution is 0.0908. The maximum absolute atomic E-state index is 12.6. The summed E-state index contributed by atoms with van der Waals surface area (Å²) in [5.74, 6) is 0.0636. The zero-order chi connectivity index (χ0) is 14.1. The monoisotopic (exact) mass is 397 g/mol. The van der Waals surface area contributed by atoms with Gasteiger partial charge in [-0.15, -0.1) is 0 Å². The van der Waals surface area contributed by atoms with Gasteiger partial charge in [0.2, 0.25) is 5.91 Å². The average Bonchev–Trinajstić information content (AvgIpc) is 2.72. The first kappa shape index (κ1) is 14.0. The summed E-state index contributed by atoms with van der Waals surface area (Å²) in [5.41, 5.74) is 3.19. The zero-order valence-electron chi connectivity index (χ0n) is 10.7. The summed E-state index contributed by atoms with van der Waals surface area (Å²) >= 11 is 7.10. The van der Waals surface area contributed by atoms with Crippen LogP contribution >= 0.6 is 31.9 Å². The van der Waals surface area contributed by atoms with Crippen molar-refractivity contribution in [2.45, 2.75) is 19.4 Å². The second-order valence-electron chi connectivity index (χ2n) is 4.72. The number of carbonyl (C=O) groups excluding carboxylic acids is 1.